The van der Waals surface area contributed by atoms with E-state index >= 15 is 0 Å². The number of thiophene rings is 1. The smallest absolute Gasteiger partial charge is 0.121 e. The van der Waals surface area contributed by atoms with Crippen molar-refractivity contribution in [2.45, 2.75) is 26.7 Å². The first kappa shape index (κ1) is 12.5. The predicted molar refractivity (Wildman–Crippen MR) is 69.5 cm³/mol. The number of rotatable bonds is 5. The van der Waals surface area contributed by atoms with E-state index in [1.165, 1.54) is 5.00 Å². The van der Waals surface area contributed by atoms with Crippen LogP contribution in [0.25, 0.3) is 0 Å². The van der Waals surface area contributed by atoms with Gasteiger partial charge in [0, 0.05) is 17.6 Å². The maximum atomic E-state index is 8.89. The van der Waals surface area contributed by atoms with Crippen molar-refractivity contribution in [3.05, 3.63) is 15.4 Å². The normalized spacial score (nSPS) is 10.0. The molecule has 0 amide bonds. The van der Waals surface area contributed by atoms with Gasteiger partial charge in [-0.2, -0.15) is 5.26 Å². The highest BCUT2D eigenvalue weighted by Gasteiger charge is 2.11. The van der Waals surface area contributed by atoms with Crippen molar-refractivity contribution in [3.63, 3.8) is 0 Å². The lowest BCUT2D eigenvalue weighted by Crippen LogP contribution is -2.23. The molecular formula is C11H15BrN2S. The summed E-state index contributed by atoms with van der Waals surface area (Å²) in [6.07, 6.45) is 2.27. The molecule has 82 valence electrons. The number of nitrogens with zero attached hydrogens (tertiary/aromatic N) is 2. The first-order valence-electron chi connectivity index (χ1n) is 5.17. The molecule has 0 saturated heterocycles. The van der Waals surface area contributed by atoms with Crippen LogP contribution in [0.2, 0.25) is 0 Å². The van der Waals surface area contributed by atoms with Crippen LogP contribution in [-0.2, 0) is 0 Å². The van der Waals surface area contributed by atoms with Gasteiger partial charge in [0.15, 0.2) is 0 Å². The standard InChI is InChI=1S/C11H15BrN2S/c1-3-5-14(6-4-2)11-7-9(12)10(8-13)15-11/h7H,3-6H2,1-2H3. The molecule has 0 radical (unpaired) electrons. The highest BCUT2D eigenvalue weighted by molar-refractivity contribution is 9.10. The minimum absolute atomic E-state index is 0.766. The molecule has 0 aliphatic carbocycles. The van der Waals surface area contributed by atoms with Gasteiger partial charge in [-0.3, -0.25) is 0 Å². The highest BCUT2D eigenvalue weighted by Crippen LogP contribution is 2.33. The van der Waals surface area contributed by atoms with Gasteiger partial charge in [-0.1, -0.05) is 13.8 Å². The average molecular weight is 287 g/mol. The van der Waals surface area contributed by atoms with Gasteiger partial charge in [0.2, 0.25) is 0 Å². The van der Waals surface area contributed by atoms with Crippen LogP contribution in [-0.4, -0.2) is 13.1 Å². The van der Waals surface area contributed by atoms with Crippen molar-refractivity contribution in [3.8, 4) is 6.07 Å². The lowest BCUT2D eigenvalue weighted by atomic mass is 10.3. The van der Waals surface area contributed by atoms with Gasteiger partial charge in [-0.15, -0.1) is 11.3 Å². The number of hydrogen-bond donors (Lipinski definition) is 0. The maximum absolute atomic E-state index is 8.89. The van der Waals surface area contributed by atoms with E-state index in [-0.39, 0.29) is 0 Å². The highest BCUT2D eigenvalue weighted by atomic mass is 79.9. The van der Waals surface area contributed by atoms with E-state index in [1.807, 2.05) is 0 Å². The van der Waals surface area contributed by atoms with Crippen molar-refractivity contribution in [2.24, 2.45) is 0 Å². The summed E-state index contributed by atoms with van der Waals surface area (Å²) in [5, 5.41) is 10.1. The quantitative estimate of drug-likeness (QED) is 0.818. The van der Waals surface area contributed by atoms with Gasteiger partial charge in [0.05, 0.1) is 5.00 Å². The van der Waals surface area contributed by atoms with Crippen molar-refractivity contribution >= 4 is 32.3 Å². The van der Waals surface area contributed by atoms with Crippen LogP contribution in [0.3, 0.4) is 0 Å². The third-order valence-electron chi connectivity index (χ3n) is 2.07. The summed E-state index contributed by atoms with van der Waals surface area (Å²) in [6, 6.07) is 4.25. The summed E-state index contributed by atoms with van der Waals surface area (Å²) >= 11 is 4.97. The lowest BCUT2D eigenvalue weighted by Gasteiger charge is -2.21. The summed E-state index contributed by atoms with van der Waals surface area (Å²) in [5.74, 6) is 0. The molecule has 4 heteroatoms. The molecule has 15 heavy (non-hydrogen) atoms. The molecule has 0 unspecified atom stereocenters. The van der Waals surface area contributed by atoms with Gasteiger partial charge < -0.3 is 4.90 Å². The average Bonchev–Trinajstić information content (AvgIpc) is 2.59. The molecule has 0 aliphatic rings. The fraction of sp³-hybridized carbons (Fsp3) is 0.545. The molecule has 0 fully saturated rings. The van der Waals surface area contributed by atoms with Crippen molar-refractivity contribution in [1.29, 1.82) is 5.26 Å². The molecular weight excluding hydrogens is 272 g/mol. The van der Waals surface area contributed by atoms with Crippen LogP contribution in [0.4, 0.5) is 5.00 Å². The number of hydrogen-bond acceptors (Lipinski definition) is 3. The maximum Gasteiger partial charge on any atom is 0.121 e. The van der Waals surface area contributed by atoms with Crippen molar-refractivity contribution < 1.29 is 0 Å². The second-order valence-electron chi connectivity index (χ2n) is 3.36. The zero-order valence-corrected chi connectivity index (χ0v) is 11.5. The molecule has 0 spiro atoms. The molecule has 0 atom stereocenters. The van der Waals surface area contributed by atoms with Crippen molar-refractivity contribution in [1.82, 2.24) is 0 Å². The molecule has 1 aromatic heterocycles. The Bertz CT molecular complexity index is 348. The van der Waals surface area contributed by atoms with Crippen LogP contribution < -0.4 is 4.90 Å². The van der Waals surface area contributed by atoms with Gasteiger partial charge in [0.1, 0.15) is 10.9 Å². The van der Waals surface area contributed by atoms with Gasteiger partial charge in [-0.05, 0) is 34.8 Å². The predicted octanol–water partition coefficient (Wildman–Crippen LogP) is 4.01. The second kappa shape index (κ2) is 6.14. The third kappa shape index (κ3) is 3.22. The molecule has 1 heterocycles. The van der Waals surface area contributed by atoms with E-state index in [1.54, 1.807) is 11.3 Å². The number of halogens is 1. The minimum Gasteiger partial charge on any atom is -0.363 e. The molecule has 2 nitrogen and oxygen atoms in total. The Morgan fingerprint density at radius 1 is 1.40 bits per heavy atom. The zero-order chi connectivity index (χ0) is 11.3. The van der Waals surface area contributed by atoms with E-state index in [2.05, 4.69) is 46.8 Å². The Morgan fingerprint density at radius 2 is 2.00 bits per heavy atom. The third-order valence-corrected chi connectivity index (χ3v) is 4.06. The summed E-state index contributed by atoms with van der Waals surface area (Å²) < 4.78 is 0.919. The molecule has 0 N–H and O–H groups in total. The van der Waals surface area contributed by atoms with Crippen LogP contribution in [0, 0.1) is 11.3 Å². The topological polar surface area (TPSA) is 27.0 Å². The lowest BCUT2D eigenvalue weighted by molar-refractivity contribution is 0.751. The SMILES string of the molecule is CCCN(CCC)c1cc(Br)c(C#N)s1. The van der Waals surface area contributed by atoms with Gasteiger partial charge in [0.25, 0.3) is 0 Å². The number of nitriles is 1. The summed E-state index contributed by atoms with van der Waals surface area (Å²) in [5.41, 5.74) is 0. The van der Waals surface area contributed by atoms with Gasteiger partial charge in [-0.25, -0.2) is 0 Å². The van der Waals surface area contributed by atoms with E-state index < -0.39 is 0 Å². The van der Waals surface area contributed by atoms with E-state index in [4.69, 9.17) is 5.26 Å². The van der Waals surface area contributed by atoms with Gasteiger partial charge >= 0.3 is 0 Å². The van der Waals surface area contributed by atoms with Crippen LogP contribution in [0.15, 0.2) is 10.5 Å². The monoisotopic (exact) mass is 286 g/mol. The Morgan fingerprint density at radius 3 is 2.40 bits per heavy atom. The summed E-state index contributed by atoms with van der Waals surface area (Å²) in [6.45, 7) is 6.48. The largest absolute Gasteiger partial charge is 0.363 e. The first-order chi connectivity index (χ1) is 7.22. The first-order valence-corrected chi connectivity index (χ1v) is 6.78. The zero-order valence-electron chi connectivity index (χ0n) is 9.09. The molecule has 1 aromatic rings. The molecule has 0 saturated carbocycles. The Balaban J connectivity index is 2.86. The molecule has 0 bridgehead atoms. The Kier molecular flexibility index (Phi) is 5.13. The van der Waals surface area contributed by atoms with E-state index in [0.717, 1.165) is 35.3 Å². The van der Waals surface area contributed by atoms with Crippen LogP contribution in [0.5, 0.6) is 0 Å². The Hall–Kier alpha value is -0.530. The fourth-order valence-corrected chi connectivity index (χ4v) is 3.06. The van der Waals surface area contributed by atoms with Crippen LogP contribution >= 0.6 is 27.3 Å². The fourth-order valence-electron chi connectivity index (χ4n) is 1.46. The summed E-state index contributed by atoms with van der Waals surface area (Å²) in [7, 11) is 0. The molecule has 0 aliphatic heterocycles. The molecule has 0 aromatic carbocycles. The van der Waals surface area contributed by atoms with Crippen LogP contribution in [0.1, 0.15) is 31.6 Å². The van der Waals surface area contributed by atoms with E-state index in [9.17, 15) is 0 Å². The Labute approximate surface area is 104 Å². The summed E-state index contributed by atoms with van der Waals surface area (Å²) in [4.78, 5) is 3.11. The number of anilines is 1. The molecule has 1 rings (SSSR count). The minimum atomic E-state index is 0.766. The van der Waals surface area contributed by atoms with Crippen molar-refractivity contribution in [2.75, 3.05) is 18.0 Å². The second-order valence-corrected chi connectivity index (χ2v) is 5.25. The van der Waals surface area contributed by atoms with E-state index in [0.29, 0.717) is 0 Å².